The standard InChI is InChI=1S/C13H6Cl2F3N3O4S/c14-9-5-7(21-4-3-10(22)20-11(21)23)1-2-8(9)12(15,6-19)26(24,25)13(16,17)18/h1-5H,(H,20,22,23). The van der Waals surface area contributed by atoms with E-state index in [9.17, 15) is 31.2 Å². The van der Waals surface area contributed by atoms with Crippen LogP contribution in [0.25, 0.3) is 5.69 Å². The third kappa shape index (κ3) is 3.11. The third-order valence-corrected chi connectivity index (χ3v) is 6.09. The Bertz CT molecular complexity index is 1130. The highest BCUT2D eigenvalue weighted by Crippen LogP contribution is 2.45. The van der Waals surface area contributed by atoms with Crippen LogP contribution in [-0.2, 0) is 14.0 Å². The summed E-state index contributed by atoms with van der Waals surface area (Å²) >= 11 is 11.3. The molecule has 13 heteroatoms. The number of halogens is 5. The smallest absolute Gasteiger partial charge is 0.274 e. The van der Waals surface area contributed by atoms with Gasteiger partial charge in [0, 0.05) is 22.8 Å². The van der Waals surface area contributed by atoms with Crippen molar-refractivity contribution in [2.75, 3.05) is 0 Å². The molecule has 0 spiro atoms. The molecule has 1 heterocycles. The van der Waals surface area contributed by atoms with Crippen LogP contribution in [0.15, 0.2) is 40.1 Å². The van der Waals surface area contributed by atoms with Gasteiger partial charge in [-0.3, -0.25) is 14.3 Å². The minimum absolute atomic E-state index is 0.0126. The molecule has 26 heavy (non-hydrogen) atoms. The van der Waals surface area contributed by atoms with Crippen LogP contribution in [0, 0.1) is 11.3 Å². The average molecular weight is 428 g/mol. The van der Waals surface area contributed by atoms with E-state index in [0.717, 1.165) is 41.1 Å². The number of sulfone groups is 1. The molecule has 1 aromatic carbocycles. The number of nitrogens with one attached hydrogen (secondary N) is 1. The number of nitriles is 1. The van der Waals surface area contributed by atoms with Gasteiger partial charge in [0.05, 0.1) is 5.69 Å². The lowest BCUT2D eigenvalue weighted by Gasteiger charge is -2.22. The molecule has 2 rings (SSSR count). The highest BCUT2D eigenvalue weighted by atomic mass is 35.5. The normalized spacial score (nSPS) is 14.5. The first-order chi connectivity index (χ1) is 11.8. The summed E-state index contributed by atoms with van der Waals surface area (Å²) in [5, 5.41) is 8.40. The summed E-state index contributed by atoms with van der Waals surface area (Å²) in [6.07, 6.45) is 1.07. The maximum Gasteiger partial charge on any atom is 0.500 e. The number of benzene rings is 1. The van der Waals surface area contributed by atoms with Gasteiger partial charge in [0.2, 0.25) is 0 Å². The van der Waals surface area contributed by atoms with E-state index < -0.39 is 41.4 Å². The van der Waals surface area contributed by atoms with Crippen molar-refractivity contribution in [2.24, 2.45) is 0 Å². The molecule has 0 saturated carbocycles. The Kier molecular flexibility index (Phi) is 4.97. The van der Waals surface area contributed by atoms with E-state index in [4.69, 9.17) is 28.5 Å². The first-order valence-electron chi connectivity index (χ1n) is 6.38. The zero-order chi connectivity index (χ0) is 19.9. The lowest BCUT2D eigenvalue weighted by Crippen LogP contribution is -2.39. The molecule has 2 aromatic rings. The second kappa shape index (κ2) is 6.46. The maximum absolute atomic E-state index is 12.8. The topological polar surface area (TPSA) is 113 Å². The second-order valence-electron chi connectivity index (χ2n) is 4.80. The number of hydrogen-bond donors (Lipinski definition) is 1. The number of aromatic amines is 1. The Labute approximate surface area is 153 Å². The van der Waals surface area contributed by atoms with E-state index in [1.54, 1.807) is 0 Å². The molecule has 0 bridgehead atoms. The molecule has 1 unspecified atom stereocenters. The molecule has 0 aliphatic heterocycles. The van der Waals surface area contributed by atoms with Gasteiger partial charge in [0.1, 0.15) is 6.07 Å². The molecule has 1 N–H and O–H groups in total. The SMILES string of the molecule is N#CC(Cl)(c1ccc(-n2ccc(=O)[nH]c2=O)cc1Cl)S(=O)(=O)C(F)(F)F. The molecule has 0 fully saturated rings. The van der Waals surface area contributed by atoms with Gasteiger partial charge in [-0.1, -0.05) is 29.3 Å². The Morgan fingerprint density at radius 2 is 1.81 bits per heavy atom. The van der Waals surface area contributed by atoms with Gasteiger partial charge >= 0.3 is 11.2 Å². The van der Waals surface area contributed by atoms with Crippen LogP contribution in [0.4, 0.5) is 13.2 Å². The van der Waals surface area contributed by atoms with Gasteiger partial charge in [-0.25, -0.2) is 13.2 Å². The number of H-pyrrole nitrogens is 1. The third-order valence-electron chi connectivity index (χ3n) is 3.22. The minimum Gasteiger partial charge on any atom is -0.274 e. The Morgan fingerprint density at radius 3 is 2.27 bits per heavy atom. The fourth-order valence-electron chi connectivity index (χ4n) is 1.96. The Hall–Kier alpha value is -2.29. The van der Waals surface area contributed by atoms with Crippen LogP contribution in [0.3, 0.4) is 0 Å². The minimum atomic E-state index is -6.15. The van der Waals surface area contributed by atoms with E-state index >= 15 is 0 Å². The predicted octanol–water partition coefficient (Wildman–Crippen LogP) is 2.03. The maximum atomic E-state index is 12.8. The molecule has 1 atom stereocenters. The van der Waals surface area contributed by atoms with E-state index in [1.807, 2.05) is 4.98 Å². The van der Waals surface area contributed by atoms with Crippen molar-refractivity contribution in [1.82, 2.24) is 9.55 Å². The van der Waals surface area contributed by atoms with Gasteiger partial charge in [0.15, 0.2) is 0 Å². The number of nitrogens with zero attached hydrogens (tertiary/aromatic N) is 2. The summed E-state index contributed by atoms with van der Waals surface area (Å²) in [7, 11) is -6.15. The monoisotopic (exact) mass is 427 g/mol. The van der Waals surface area contributed by atoms with Gasteiger partial charge in [-0.05, 0) is 12.1 Å². The van der Waals surface area contributed by atoms with E-state index in [1.165, 1.54) is 0 Å². The quantitative estimate of drug-likeness (QED) is 0.752. The fourth-order valence-corrected chi connectivity index (χ4v) is 3.71. The Morgan fingerprint density at radius 1 is 1.19 bits per heavy atom. The van der Waals surface area contributed by atoms with Crippen LogP contribution in [0.1, 0.15) is 5.56 Å². The largest absolute Gasteiger partial charge is 0.500 e. The first-order valence-corrected chi connectivity index (χ1v) is 8.62. The van der Waals surface area contributed by atoms with Gasteiger partial charge < -0.3 is 0 Å². The Balaban J connectivity index is 2.68. The number of hydrogen-bond acceptors (Lipinski definition) is 5. The highest BCUT2D eigenvalue weighted by Gasteiger charge is 2.61. The number of alkyl halides is 4. The summed E-state index contributed by atoms with van der Waals surface area (Å²) in [4.78, 5) is 24.7. The van der Waals surface area contributed by atoms with Crippen LogP contribution in [0.2, 0.25) is 5.02 Å². The summed E-state index contributed by atoms with van der Waals surface area (Å²) in [6, 6.07) is 4.63. The molecule has 138 valence electrons. The zero-order valence-electron chi connectivity index (χ0n) is 12.2. The van der Waals surface area contributed by atoms with E-state index in [2.05, 4.69) is 0 Å². The molecule has 0 radical (unpaired) electrons. The van der Waals surface area contributed by atoms with Gasteiger partial charge in [-0.15, -0.1) is 0 Å². The lowest BCUT2D eigenvalue weighted by atomic mass is 10.1. The van der Waals surface area contributed by atoms with Gasteiger partial charge in [0.25, 0.3) is 19.6 Å². The van der Waals surface area contributed by atoms with Crippen LogP contribution >= 0.6 is 23.2 Å². The fraction of sp³-hybridized carbons (Fsp3) is 0.154. The van der Waals surface area contributed by atoms with Crippen molar-refractivity contribution in [2.45, 2.75) is 9.71 Å². The van der Waals surface area contributed by atoms with Crippen molar-refractivity contribution >= 4 is 33.0 Å². The summed E-state index contributed by atoms with van der Waals surface area (Å²) < 4.78 is 59.2. The number of rotatable bonds is 3. The highest BCUT2D eigenvalue weighted by molar-refractivity contribution is 7.94. The summed E-state index contributed by atoms with van der Waals surface area (Å²) in [5.74, 6) is 0. The molecule has 0 saturated heterocycles. The van der Waals surface area contributed by atoms with Crippen molar-refractivity contribution in [1.29, 1.82) is 5.26 Å². The molecule has 0 aliphatic rings. The molecule has 1 aromatic heterocycles. The van der Waals surface area contributed by atoms with Crippen molar-refractivity contribution < 1.29 is 21.6 Å². The lowest BCUT2D eigenvalue weighted by molar-refractivity contribution is -0.0445. The van der Waals surface area contributed by atoms with Crippen LogP contribution < -0.4 is 11.2 Å². The molecular formula is C13H6Cl2F3N3O4S. The molecule has 0 aliphatic carbocycles. The zero-order valence-corrected chi connectivity index (χ0v) is 14.5. The molecular weight excluding hydrogens is 422 g/mol. The van der Waals surface area contributed by atoms with Gasteiger partial charge in [-0.2, -0.15) is 18.4 Å². The van der Waals surface area contributed by atoms with Crippen molar-refractivity contribution in [3.63, 3.8) is 0 Å². The first kappa shape index (κ1) is 20.0. The summed E-state index contributed by atoms with van der Waals surface area (Å²) in [6.45, 7) is 0. The van der Waals surface area contributed by atoms with E-state index in [0.29, 0.717) is 0 Å². The summed E-state index contributed by atoms with van der Waals surface area (Å²) in [5.41, 5.74) is -8.21. The van der Waals surface area contributed by atoms with E-state index in [-0.39, 0.29) is 5.69 Å². The van der Waals surface area contributed by atoms with Crippen molar-refractivity contribution in [3.8, 4) is 11.8 Å². The van der Waals surface area contributed by atoms with Crippen LogP contribution in [0.5, 0.6) is 0 Å². The molecule has 7 nitrogen and oxygen atoms in total. The van der Waals surface area contributed by atoms with Crippen LogP contribution in [-0.4, -0.2) is 23.5 Å². The average Bonchev–Trinajstić information content (AvgIpc) is 2.52. The predicted molar refractivity (Wildman–Crippen MR) is 85.8 cm³/mol. The van der Waals surface area contributed by atoms with Crippen molar-refractivity contribution in [3.05, 3.63) is 61.9 Å². The number of aromatic nitrogens is 2. The second-order valence-corrected chi connectivity index (χ2v) is 8.08. The molecule has 0 amide bonds.